The molecule has 0 spiro atoms. The van der Waals surface area contributed by atoms with E-state index >= 15 is 0 Å². The molecule has 1 aliphatic carbocycles. The number of ketones is 1. The van der Waals surface area contributed by atoms with Crippen LogP contribution in [0, 0.1) is 17.5 Å². The second-order valence-electron chi connectivity index (χ2n) is 4.86. The molecule has 0 heterocycles. The molecule has 1 saturated carbocycles. The van der Waals surface area contributed by atoms with Crippen LogP contribution in [0.2, 0.25) is 0 Å². The molecule has 0 aliphatic heterocycles. The molecule has 23 heavy (non-hydrogen) atoms. The summed E-state index contributed by atoms with van der Waals surface area (Å²) in [4.78, 5) is 24.0. The SMILES string of the molecule is CCOC(=O)C(=CN[C@@H]1C[C@@H]1F)C(=O)c1ccc(F)c(F)c1F. The van der Waals surface area contributed by atoms with Gasteiger partial charge in [-0.1, -0.05) is 0 Å². The first-order valence-electron chi connectivity index (χ1n) is 6.82. The summed E-state index contributed by atoms with van der Waals surface area (Å²) in [5.41, 5.74) is -1.45. The molecular formula is C15H13F4NO3. The number of halogens is 4. The van der Waals surface area contributed by atoms with Crippen LogP contribution in [0.3, 0.4) is 0 Å². The van der Waals surface area contributed by atoms with E-state index in [1.165, 1.54) is 6.92 Å². The summed E-state index contributed by atoms with van der Waals surface area (Å²) < 4.78 is 57.3. The molecule has 124 valence electrons. The first kappa shape index (κ1) is 17.0. The van der Waals surface area contributed by atoms with E-state index in [4.69, 9.17) is 0 Å². The van der Waals surface area contributed by atoms with Gasteiger partial charge in [0.15, 0.2) is 17.5 Å². The van der Waals surface area contributed by atoms with Gasteiger partial charge in [0.25, 0.3) is 0 Å². The van der Waals surface area contributed by atoms with Crippen LogP contribution in [0.15, 0.2) is 23.9 Å². The van der Waals surface area contributed by atoms with Crippen molar-refractivity contribution in [2.24, 2.45) is 0 Å². The standard InChI is InChI=1S/C15H13F4NO3/c1-2-23-15(22)8(6-20-11-5-10(11)17)14(21)7-3-4-9(16)13(19)12(7)18/h3-4,6,10-11,20H,2,5H2,1H3/t10-,11+/m0/s1. The Labute approximate surface area is 129 Å². The molecule has 8 heteroatoms. The summed E-state index contributed by atoms with van der Waals surface area (Å²) in [6.45, 7) is 1.43. The van der Waals surface area contributed by atoms with Crippen LogP contribution >= 0.6 is 0 Å². The molecule has 1 fully saturated rings. The Kier molecular flexibility index (Phi) is 5.02. The normalized spacial score (nSPS) is 20.1. The van der Waals surface area contributed by atoms with Crippen LogP contribution in [-0.4, -0.2) is 30.6 Å². The number of ether oxygens (including phenoxy) is 1. The molecule has 0 amide bonds. The summed E-state index contributed by atoms with van der Waals surface area (Å²) in [5, 5.41) is 2.49. The Morgan fingerprint density at radius 2 is 1.96 bits per heavy atom. The van der Waals surface area contributed by atoms with Crippen molar-refractivity contribution in [3.8, 4) is 0 Å². The molecule has 0 saturated heterocycles. The molecule has 0 bridgehead atoms. The number of Topliss-reactive ketones (excluding diaryl/α,β-unsaturated/α-hetero) is 1. The Balaban J connectivity index is 2.32. The average molecular weight is 331 g/mol. The third-order valence-corrected chi connectivity index (χ3v) is 3.17. The zero-order valence-corrected chi connectivity index (χ0v) is 12.0. The molecule has 2 atom stereocenters. The minimum Gasteiger partial charge on any atom is -0.462 e. The van der Waals surface area contributed by atoms with E-state index < -0.39 is 52.6 Å². The Hall–Kier alpha value is -2.38. The first-order valence-corrected chi connectivity index (χ1v) is 6.82. The van der Waals surface area contributed by atoms with Gasteiger partial charge in [-0.15, -0.1) is 0 Å². The fourth-order valence-corrected chi connectivity index (χ4v) is 1.80. The number of alkyl halides is 1. The van der Waals surface area contributed by atoms with Gasteiger partial charge in [-0.05, 0) is 19.1 Å². The van der Waals surface area contributed by atoms with Crippen molar-refractivity contribution in [2.45, 2.75) is 25.6 Å². The fourth-order valence-electron chi connectivity index (χ4n) is 1.80. The lowest BCUT2D eigenvalue weighted by atomic mass is 10.0. The highest BCUT2D eigenvalue weighted by atomic mass is 19.2. The van der Waals surface area contributed by atoms with Crippen LogP contribution in [0.1, 0.15) is 23.7 Å². The van der Waals surface area contributed by atoms with Gasteiger partial charge in [0.05, 0.1) is 18.2 Å². The number of carbonyl (C=O) groups excluding carboxylic acids is 2. The van der Waals surface area contributed by atoms with Crippen LogP contribution in [0.4, 0.5) is 17.6 Å². The number of esters is 1. The summed E-state index contributed by atoms with van der Waals surface area (Å²) in [6, 6.07) is 0.737. The van der Waals surface area contributed by atoms with E-state index in [1.54, 1.807) is 0 Å². The van der Waals surface area contributed by atoms with Crippen LogP contribution in [-0.2, 0) is 9.53 Å². The third kappa shape index (κ3) is 3.69. The van der Waals surface area contributed by atoms with E-state index in [-0.39, 0.29) is 13.0 Å². The summed E-state index contributed by atoms with van der Waals surface area (Å²) in [7, 11) is 0. The Bertz CT molecular complexity index is 675. The number of carbonyl (C=O) groups is 2. The van der Waals surface area contributed by atoms with Gasteiger partial charge in [0.2, 0.25) is 5.78 Å². The van der Waals surface area contributed by atoms with Crippen molar-refractivity contribution in [1.29, 1.82) is 0 Å². The monoisotopic (exact) mass is 331 g/mol. The lowest BCUT2D eigenvalue weighted by Crippen LogP contribution is -2.22. The zero-order valence-electron chi connectivity index (χ0n) is 12.0. The maximum absolute atomic E-state index is 13.7. The van der Waals surface area contributed by atoms with E-state index in [9.17, 15) is 27.2 Å². The summed E-state index contributed by atoms with van der Waals surface area (Å²) in [6.07, 6.45) is 0.0100. The van der Waals surface area contributed by atoms with Crippen molar-refractivity contribution < 1.29 is 31.9 Å². The Morgan fingerprint density at radius 1 is 1.30 bits per heavy atom. The smallest absolute Gasteiger partial charge is 0.343 e. The highest BCUT2D eigenvalue weighted by molar-refractivity contribution is 6.24. The number of hydrogen-bond acceptors (Lipinski definition) is 4. The van der Waals surface area contributed by atoms with Crippen LogP contribution in [0.5, 0.6) is 0 Å². The van der Waals surface area contributed by atoms with Gasteiger partial charge >= 0.3 is 5.97 Å². The fraction of sp³-hybridized carbons (Fsp3) is 0.333. The average Bonchev–Trinajstić information content (AvgIpc) is 3.21. The summed E-state index contributed by atoms with van der Waals surface area (Å²) >= 11 is 0. The molecule has 0 radical (unpaired) electrons. The summed E-state index contributed by atoms with van der Waals surface area (Å²) in [5.74, 6) is -7.26. The van der Waals surface area contributed by atoms with Gasteiger partial charge in [0.1, 0.15) is 11.7 Å². The molecule has 1 aromatic carbocycles. The van der Waals surface area contributed by atoms with Crippen molar-refractivity contribution in [3.05, 3.63) is 46.9 Å². The number of rotatable bonds is 6. The molecule has 0 unspecified atom stereocenters. The van der Waals surface area contributed by atoms with E-state index in [0.717, 1.165) is 12.3 Å². The third-order valence-electron chi connectivity index (χ3n) is 3.17. The van der Waals surface area contributed by atoms with Crippen molar-refractivity contribution in [2.75, 3.05) is 6.61 Å². The van der Waals surface area contributed by atoms with Gasteiger partial charge in [-0.2, -0.15) is 0 Å². The minimum absolute atomic E-state index is 0.0567. The van der Waals surface area contributed by atoms with Crippen molar-refractivity contribution >= 4 is 11.8 Å². The lowest BCUT2D eigenvalue weighted by molar-refractivity contribution is -0.138. The number of nitrogens with one attached hydrogen (secondary N) is 1. The van der Waals surface area contributed by atoms with Gasteiger partial charge in [-0.3, -0.25) is 4.79 Å². The topological polar surface area (TPSA) is 55.4 Å². The molecular weight excluding hydrogens is 318 g/mol. The molecule has 1 aliphatic rings. The first-order chi connectivity index (χ1) is 10.9. The molecule has 1 aromatic rings. The predicted molar refractivity (Wildman–Crippen MR) is 71.8 cm³/mol. The Morgan fingerprint density at radius 3 is 2.52 bits per heavy atom. The molecule has 2 rings (SSSR count). The number of hydrogen-bond donors (Lipinski definition) is 1. The molecule has 0 aromatic heterocycles. The lowest BCUT2D eigenvalue weighted by Gasteiger charge is -2.08. The predicted octanol–water partition coefficient (Wildman–Crippen LogP) is 2.43. The van der Waals surface area contributed by atoms with Gasteiger partial charge < -0.3 is 10.1 Å². The van der Waals surface area contributed by atoms with E-state index in [2.05, 4.69) is 10.1 Å². The maximum Gasteiger partial charge on any atom is 0.343 e. The number of benzene rings is 1. The largest absolute Gasteiger partial charge is 0.462 e. The molecule has 4 nitrogen and oxygen atoms in total. The highest BCUT2D eigenvalue weighted by Gasteiger charge is 2.37. The van der Waals surface area contributed by atoms with E-state index in [1.807, 2.05) is 0 Å². The van der Waals surface area contributed by atoms with Crippen LogP contribution in [0.25, 0.3) is 0 Å². The van der Waals surface area contributed by atoms with Crippen LogP contribution < -0.4 is 5.32 Å². The van der Waals surface area contributed by atoms with E-state index in [0.29, 0.717) is 6.07 Å². The molecule has 1 N–H and O–H groups in total. The second-order valence-corrected chi connectivity index (χ2v) is 4.86. The van der Waals surface area contributed by atoms with Gasteiger partial charge in [-0.25, -0.2) is 22.4 Å². The quantitative estimate of drug-likeness (QED) is 0.165. The van der Waals surface area contributed by atoms with Crippen molar-refractivity contribution in [3.63, 3.8) is 0 Å². The minimum atomic E-state index is -1.82. The second kappa shape index (κ2) is 6.80. The highest BCUT2D eigenvalue weighted by Crippen LogP contribution is 2.25. The van der Waals surface area contributed by atoms with Crippen molar-refractivity contribution in [1.82, 2.24) is 5.32 Å². The van der Waals surface area contributed by atoms with Gasteiger partial charge in [0, 0.05) is 12.6 Å². The maximum atomic E-state index is 13.7. The zero-order chi connectivity index (χ0) is 17.1.